The number of carboxylic acids is 1. The predicted octanol–water partition coefficient (Wildman–Crippen LogP) is -0.454. The Balaban J connectivity index is 2.25. The fraction of sp³-hybridized carbons (Fsp3) is 0.818. The van der Waals surface area contributed by atoms with Gasteiger partial charge in [0.25, 0.3) is 0 Å². The molecule has 1 aliphatic carbocycles. The molecule has 1 aliphatic rings. The number of hydrogen-bond acceptors (Lipinski definition) is 4. The van der Waals surface area contributed by atoms with E-state index in [1.54, 1.807) is 12.0 Å². The minimum Gasteiger partial charge on any atom is -0.480 e. The van der Waals surface area contributed by atoms with Gasteiger partial charge in [0.2, 0.25) is 5.91 Å². The van der Waals surface area contributed by atoms with Gasteiger partial charge in [-0.1, -0.05) is 0 Å². The van der Waals surface area contributed by atoms with Gasteiger partial charge in [0, 0.05) is 20.2 Å². The molecule has 1 fully saturated rings. The van der Waals surface area contributed by atoms with Crippen LogP contribution in [0.2, 0.25) is 0 Å². The first-order valence-corrected chi connectivity index (χ1v) is 5.81. The minimum atomic E-state index is -0.893. The van der Waals surface area contributed by atoms with E-state index in [-0.39, 0.29) is 19.0 Å². The molecular formula is C11H20N2O4. The Morgan fingerprint density at radius 3 is 2.65 bits per heavy atom. The molecule has 0 bridgehead atoms. The lowest BCUT2D eigenvalue weighted by atomic mass is 10.3. The topological polar surface area (TPSA) is 78.9 Å². The maximum Gasteiger partial charge on any atom is 0.317 e. The third-order valence-electron chi connectivity index (χ3n) is 2.57. The summed E-state index contributed by atoms with van der Waals surface area (Å²) in [5, 5.41) is 11.4. The molecule has 6 heteroatoms. The van der Waals surface area contributed by atoms with Crippen molar-refractivity contribution >= 4 is 11.9 Å². The summed E-state index contributed by atoms with van der Waals surface area (Å²) in [7, 11) is 1.57. The highest BCUT2D eigenvalue weighted by atomic mass is 16.5. The first-order chi connectivity index (χ1) is 8.11. The van der Waals surface area contributed by atoms with Crippen LogP contribution in [-0.2, 0) is 14.3 Å². The van der Waals surface area contributed by atoms with Crippen LogP contribution in [0.3, 0.4) is 0 Å². The van der Waals surface area contributed by atoms with Crippen molar-refractivity contribution in [3.63, 3.8) is 0 Å². The maximum atomic E-state index is 11.5. The van der Waals surface area contributed by atoms with Crippen LogP contribution in [0.5, 0.6) is 0 Å². The van der Waals surface area contributed by atoms with Gasteiger partial charge in [-0.05, 0) is 18.8 Å². The zero-order valence-electron chi connectivity index (χ0n) is 10.1. The van der Waals surface area contributed by atoms with Gasteiger partial charge in [-0.2, -0.15) is 0 Å². The third kappa shape index (κ3) is 6.91. The number of carbonyl (C=O) groups excluding carboxylic acids is 1. The second kappa shape index (κ2) is 7.24. The first kappa shape index (κ1) is 13.9. The van der Waals surface area contributed by atoms with Crippen LogP contribution in [0, 0.1) is 5.92 Å². The van der Waals surface area contributed by atoms with Gasteiger partial charge in [0.1, 0.15) is 0 Å². The molecule has 6 nitrogen and oxygen atoms in total. The number of nitrogens with zero attached hydrogens (tertiary/aromatic N) is 1. The summed E-state index contributed by atoms with van der Waals surface area (Å²) in [5.41, 5.74) is 0. The van der Waals surface area contributed by atoms with Gasteiger partial charge in [-0.3, -0.25) is 14.5 Å². The summed E-state index contributed by atoms with van der Waals surface area (Å²) in [6, 6.07) is 0. The Morgan fingerprint density at radius 2 is 2.12 bits per heavy atom. The molecule has 98 valence electrons. The lowest BCUT2D eigenvalue weighted by molar-refractivity contribution is -0.138. The van der Waals surface area contributed by atoms with Crippen LogP contribution < -0.4 is 5.32 Å². The number of rotatable bonds is 9. The summed E-state index contributed by atoms with van der Waals surface area (Å²) in [4.78, 5) is 23.9. The van der Waals surface area contributed by atoms with Gasteiger partial charge < -0.3 is 15.2 Å². The van der Waals surface area contributed by atoms with Crippen molar-refractivity contribution in [2.24, 2.45) is 5.92 Å². The summed E-state index contributed by atoms with van der Waals surface area (Å²) < 4.78 is 4.81. The normalized spacial score (nSPS) is 14.9. The highest BCUT2D eigenvalue weighted by Crippen LogP contribution is 2.29. The number of carboxylic acid groups (broad SMARTS) is 1. The summed E-state index contributed by atoms with van der Waals surface area (Å²) >= 11 is 0. The zero-order valence-corrected chi connectivity index (χ0v) is 10.1. The Morgan fingerprint density at radius 1 is 1.41 bits per heavy atom. The number of amides is 1. The average Bonchev–Trinajstić information content (AvgIpc) is 3.00. The molecule has 0 aromatic carbocycles. The maximum absolute atomic E-state index is 11.5. The van der Waals surface area contributed by atoms with Crippen LogP contribution in [0.1, 0.15) is 12.8 Å². The number of aliphatic carboxylic acids is 1. The van der Waals surface area contributed by atoms with Gasteiger partial charge >= 0.3 is 5.97 Å². The molecule has 0 spiro atoms. The molecule has 0 heterocycles. The van der Waals surface area contributed by atoms with E-state index in [1.165, 1.54) is 0 Å². The molecule has 0 atom stereocenters. The highest BCUT2D eigenvalue weighted by molar-refractivity contribution is 5.79. The molecule has 1 amide bonds. The van der Waals surface area contributed by atoms with E-state index in [2.05, 4.69) is 5.32 Å². The van der Waals surface area contributed by atoms with Crippen molar-refractivity contribution in [2.75, 3.05) is 39.9 Å². The molecule has 1 saturated carbocycles. The van der Waals surface area contributed by atoms with E-state index >= 15 is 0 Å². The molecule has 0 aromatic heterocycles. The van der Waals surface area contributed by atoms with Gasteiger partial charge in [0.15, 0.2) is 0 Å². The van der Waals surface area contributed by atoms with Crippen LogP contribution in [-0.4, -0.2) is 61.8 Å². The van der Waals surface area contributed by atoms with Crippen LogP contribution in [0.4, 0.5) is 0 Å². The van der Waals surface area contributed by atoms with Crippen molar-refractivity contribution in [1.29, 1.82) is 0 Å². The van der Waals surface area contributed by atoms with Crippen molar-refractivity contribution in [2.45, 2.75) is 12.8 Å². The fourth-order valence-electron chi connectivity index (χ4n) is 1.59. The van der Waals surface area contributed by atoms with E-state index in [9.17, 15) is 9.59 Å². The average molecular weight is 244 g/mol. The number of ether oxygens (including phenoxy) is 1. The summed E-state index contributed by atoms with van der Waals surface area (Å²) in [6.45, 7) is 1.69. The molecule has 0 saturated heterocycles. The molecule has 0 radical (unpaired) electrons. The standard InChI is InChI=1S/C11H20N2O4/c1-17-5-4-12-10(14)7-13(8-11(15)16)6-9-2-3-9/h9H,2-8H2,1H3,(H,12,14)(H,15,16). The van der Waals surface area contributed by atoms with E-state index in [0.717, 1.165) is 12.8 Å². The minimum absolute atomic E-state index is 0.0752. The Hall–Kier alpha value is -1.14. The van der Waals surface area contributed by atoms with Gasteiger partial charge in [-0.15, -0.1) is 0 Å². The largest absolute Gasteiger partial charge is 0.480 e. The van der Waals surface area contributed by atoms with Crippen molar-refractivity contribution < 1.29 is 19.4 Å². The second-order valence-corrected chi connectivity index (χ2v) is 4.35. The first-order valence-electron chi connectivity index (χ1n) is 5.81. The highest BCUT2D eigenvalue weighted by Gasteiger charge is 2.26. The number of carbonyl (C=O) groups is 2. The smallest absolute Gasteiger partial charge is 0.317 e. The molecule has 2 N–H and O–H groups in total. The van der Waals surface area contributed by atoms with Crippen molar-refractivity contribution in [1.82, 2.24) is 10.2 Å². The molecule has 0 aromatic rings. The summed E-state index contributed by atoms with van der Waals surface area (Å²) in [6.07, 6.45) is 2.28. The second-order valence-electron chi connectivity index (χ2n) is 4.35. The Labute approximate surface area is 101 Å². The van der Waals surface area contributed by atoms with E-state index in [1.807, 2.05) is 0 Å². The Kier molecular flexibility index (Phi) is 5.93. The number of nitrogens with one attached hydrogen (secondary N) is 1. The third-order valence-corrected chi connectivity index (χ3v) is 2.57. The van der Waals surface area contributed by atoms with Crippen molar-refractivity contribution in [3.8, 4) is 0 Å². The van der Waals surface area contributed by atoms with Crippen molar-refractivity contribution in [3.05, 3.63) is 0 Å². The predicted molar refractivity (Wildman–Crippen MR) is 61.7 cm³/mol. The molecule has 17 heavy (non-hydrogen) atoms. The van der Waals surface area contributed by atoms with Crippen LogP contribution in [0.25, 0.3) is 0 Å². The van der Waals surface area contributed by atoms with Gasteiger partial charge in [0.05, 0.1) is 19.7 Å². The fourth-order valence-corrected chi connectivity index (χ4v) is 1.59. The monoisotopic (exact) mass is 244 g/mol. The Bertz CT molecular complexity index is 266. The molecule has 1 rings (SSSR count). The molecule has 0 unspecified atom stereocenters. The zero-order chi connectivity index (χ0) is 12.7. The summed E-state index contributed by atoms with van der Waals surface area (Å²) in [5.74, 6) is -0.472. The van der Waals surface area contributed by atoms with Gasteiger partial charge in [-0.25, -0.2) is 0 Å². The lowest BCUT2D eigenvalue weighted by Crippen LogP contribution is -2.41. The molecular weight excluding hydrogens is 224 g/mol. The molecule has 0 aliphatic heterocycles. The van der Waals surface area contributed by atoms with E-state index in [4.69, 9.17) is 9.84 Å². The van der Waals surface area contributed by atoms with E-state index in [0.29, 0.717) is 25.6 Å². The van der Waals surface area contributed by atoms with Crippen LogP contribution >= 0.6 is 0 Å². The number of methoxy groups -OCH3 is 1. The SMILES string of the molecule is COCCNC(=O)CN(CC(=O)O)CC1CC1. The van der Waals surface area contributed by atoms with E-state index < -0.39 is 5.97 Å². The quantitative estimate of drug-likeness (QED) is 0.537. The number of hydrogen-bond donors (Lipinski definition) is 2. The van der Waals surface area contributed by atoms with Crippen LogP contribution in [0.15, 0.2) is 0 Å². The lowest BCUT2D eigenvalue weighted by Gasteiger charge is -2.19.